The van der Waals surface area contributed by atoms with Crippen molar-refractivity contribution in [3.63, 3.8) is 0 Å². The van der Waals surface area contributed by atoms with Crippen molar-refractivity contribution in [2.45, 2.75) is 69.1 Å². The number of aliphatic hydroxyl groups is 1. The van der Waals surface area contributed by atoms with Gasteiger partial charge in [0.25, 0.3) is 0 Å². The van der Waals surface area contributed by atoms with Crippen LogP contribution in [-0.2, 0) is 24.0 Å². The first-order valence-electron chi connectivity index (χ1n) is 11.4. The molecule has 16 nitrogen and oxygen atoms in total. The Morgan fingerprint density at radius 2 is 1.33 bits per heavy atom. The van der Waals surface area contributed by atoms with E-state index in [2.05, 4.69) is 15.6 Å². The maximum Gasteiger partial charge on any atom is 0.328 e. The molecule has 0 aromatic rings. The molecule has 3 amide bonds. The number of carbonyl (C=O) groups is 5. The van der Waals surface area contributed by atoms with Gasteiger partial charge in [-0.3, -0.25) is 24.2 Å². The molecule has 0 aliphatic carbocycles. The normalized spacial score (nSPS) is 14.0. The van der Waals surface area contributed by atoms with Crippen molar-refractivity contribution < 1.29 is 39.3 Å². The minimum atomic E-state index is -1.65. The molecule has 0 saturated carbocycles. The van der Waals surface area contributed by atoms with Crippen molar-refractivity contribution in [1.82, 2.24) is 16.0 Å². The molecule has 0 fully saturated rings. The molecule has 206 valence electrons. The second-order valence-electron chi connectivity index (χ2n) is 7.98. The van der Waals surface area contributed by atoms with Crippen LogP contribution in [0.5, 0.6) is 0 Å². The van der Waals surface area contributed by atoms with Gasteiger partial charge in [0, 0.05) is 13.0 Å². The van der Waals surface area contributed by atoms with Crippen LogP contribution in [0.15, 0.2) is 4.99 Å². The van der Waals surface area contributed by atoms with E-state index >= 15 is 0 Å². The third-order valence-electron chi connectivity index (χ3n) is 4.96. The molecule has 4 atom stereocenters. The Balaban J connectivity index is 5.40. The fraction of sp³-hybridized carbons (Fsp3) is 0.700. The quantitative estimate of drug-likeness (QED) is 0.0443. The van der Waals surface area contributed by atoms with Crippen molar-refractivity contribution in [1.29, 1.82) is 0 Å². The number of hydrogen-bond donors (Lipinski definition) is 10. The summed E-state index contributed by atoms with van der Waals surface area (Å²) in [5.41, 5.74) is 21.8. The molecular weight excluding hydrogens is 480 g/mol. The number of amides is 3. The number of nitrogens with two attached hydrogens (primary N) is 4. The van der Waals surface area contributed by atoms with E-state index in [1.165, 1.54) is 0 Å². The van der Waals surface area contributed by atoms with Gasteiger partial charge in [-0.2, -0.15) is 0 Å². The molecule has 0 spiro atoms. The van der Waals surface area contributed by atoms with Gasteiger partial charge in [0.15, 0.2) is 5.96 Å². The lowest BCUT2D eigenvalue weighted by atomic mass is 10.0. The van der Waals surface area contributed by atoms with Crippen molar-refractivity contribution in [3.05, 3.63) is 0 Å². The van der Waals surface area contributed by atoms with Gasteiger partial charge in [-0.1, -0.05) is 0 Å². The Morgan fingerprint density at radius 3 is 1.83 bits per heavy atom. The zero-order chi connectivity index (χ0) is 27.7. The highest BCUT2D eigenvalue weighted by Crippen LogP contribution is 2.06. The van der Waals surface area contributed by atoms with Crippen molar-refractivity contribution in [3.8, 4) is 0 Å². The highest BCUT2D eigenvalue weighted by Gasteiger charge is 2.30. The van der Waals surface area contributed by atoms with Crippen LogP contribution in [0.2, 0.25) is 0 Å². The second kappa shape index (κ2) is 17.9. The first-order chi connectivity index (χ1) is 16.9. The first-order valence-corrected chi connectivity index (χ1v) is 11.4. The van der Waals surface area contributed by atoms with E-state index in [0.717, 1.165) is 0 Å². The number of carbonyl (C=O) groups excluding carboxylic acids is 3. The molecule has 0 bridgehead atoms. The zero-order valence-corrected chi connectivity index (χ0v) is 20.0. The Morgan fingerprint density at radius 1 is 0.778 bits per heavy atom. The fourth-order valence-corrected chi connectivity index (χ4v) is 2.96. The summed E-state index contributed by atoms with van der Waals surface area (Å²) in [5.74, 6) is -5.30. The van der Waals surface area contributed by atoms with E-state index in [4.69, 9.17) is 38.3 Å². The van der Waals surface area contributed by atoms with Crippen LogP contribution in [0.25, 0.3) is 0 Å². The number of carboxylic acid groups (broad SMARTS) is 2. The summed E-state index contributed by atoms with van der Waals surface area (Å²) in [6.07, 6.45) is 0.899. The van der Waals surface area contributed by atoms with Gasteiger partial charge in [0.1, 0.15) is 18.1 Å². The molecule has 0 radical (unpaired) electrons. The molecule has 14 N–H and O–H groups in total. The lowest BCUT2D eigenvalue weighted by molar-refractivity contribution is -0.144. The van der Waals surface area contributed by atoms with Gasteiger partial charge < -0.3 is 54.2 Å². The average molecular weight is 519 g/mol. The maximum atomic E-state index is 12.9. The number of rotatable bonds is 19. The number of carboxylic acids is 2. The smallest absolute Gasteiger partial charge is 0.328 e. The highest BCUT2D eigenvalue weighted by atomic mass is 16.4. The SMILES string of the molecule is NCCCC[C@H](NC(=O)[C@@H](N)CCCN=C(N)N)C(=O)N[C@@H](CCC(=O)O)C(=O)N[C@@H](CO)C(=O)O. The third-order valence-corrected chi connectivity index (χ3v) is 4.96. The Hall–Kier alpha value is -3.50. The van der Waals surface area contributed by atoms with Crippen LogP contribution in [0.3, 0.4) is 0 Å². The van der Waals surface area contributed by atoms with Crippen LogP contribution >= 0.6 is 0 Å². The van der Waals surface area contributed by atoms with Crippen molar-refractivity contribution >= 4 is 35.6 Å². The molecule has 0 aliphatic heterocycles. The summed E-state index contributed by atoms with van der Waals surface area (Å²) in [5, 5.41) is 34.0. The van der Waals surface area contributed by atoms with E-state index in [1.807, 2.05) is 5.32 Å². The van der Waals surface area contributed by atoms with Crippen LogP contribution in [-0.4, -0.2) is 94.8 Å². The second-order valence-corrected chi connectivity index (χ2v) is 7.98. The Kier molecular flexibility index (Phi) is 16.1. The van der Waals surface area contributed by atoms with Crippen molar-refractivity contribution in [2.75, 3.05) is 19.7 Å². The molecule has 0 rings (SSSR count). The van der Waals surface area contributed by atoms with Gasteiger partial charge >= 0.3 is 11.9 Å². The van der Waals surface area contributed by atoms with Crippen LogP contribution in [0.4, 0.5) is 0 Å². The van der Waals surface area contributed by atoms with Crippen LogP contribution < -0.4 is 38.9 Å². The number of nitrogens with one attached hydrogen (secondary N) is 3. The minimum absolute atomic E-state index is 0.0974. The summed E-state index contributed by atoms with van der Waals surface area (Å²) in [7, 11) is 0. The maximum absolute atomic E-state index is 12.9. The average Bonchev–Trinajstić information content (AvgIpc) is 2.81. The van der Waals surface area contributed by atoms with E-state index in [9.17, 15) is 24.0 Å². The van der Waals surface area contributed by atoms with E-state index in [0.29, 0.717) is 25.8 Å². The number of aliphatic imine (C=N–C) groups is 1. The summed E-state index contributed by atoms with van der Waals surface area (Å²) in [6, 6.07) is -5.19. The van der Waals surface area contributed by atoms with E-state index in [-0.39, 0.29) is 31.8 Å². The third kappa shape index (κ3) is 14.0. The number of unbranched alkanes of at least 4 members (excludes halogenated alkanes) is 1. The number of guanidine groups is 1. The standard InChI is InChI=1S/C20H38N8O8/c21-8-2-1-5-12(26-16(32)11(22)4-3-9-25-20(23)24)17(33)27-13(6-7-15(30)31)18(34)28-14(10-29)19(35)36/h11-14,29H,1-10,21-22H2,(H,26,32)(H,27,33)(H,28,34)(H,30,31)(H,35,36)(H4,23,24,25)/t11-,12-,13-,14-/m0/s1. The number of hydrogen-bond acceptors (Lipinski definition) is 9. The van der Waals surface area contributed by atoms with Gasteiger partial charge in [-0.05, 0) is 45.1 Å². The first kappa shape index (κ1) is 32.5. The molecule has 0 saturated heterocycles. The minimum Gasteiger partial charge on any atom is -0.481 e. The van der Waals surface area contributed by atoms with Crippen molar-refractivity contribution in [2.24, 2.45) is 27.9 Å². The number of aliphatic carboxylic acids is 2. The topological polar surface area (TPSA) is 299 Å². The molecule has 36 heavy (non-hydrogen) atoms. The monoisotopic (exact) mass is 518 g/mol. The zero-order valence-electron chi connectivity index (χ0n) is 20.0. The molecule has 16 heteroatoms. The molecule has 0 heterocycles. The molecular formula is C20H38N8O8. The lowest BCUT2D eigenvalue weighted by Gasteiger charge is -2.25. The van der Waals surface area contributed by atoms with Gasteiger partial charge in [0.05, 0.1) is 12.6 Å². The van der Waals surface area contributed by atoms with Gasteiger partial charge in [-0.25, -0.2) is 4.79 Å². The number of nitrogens with zero attached hydrogens (tertiary/aromatic N) is 1. The molecule has 0 unspecified atom stereocenters. The predicted molar refractivity (Wildman–Crippen MR) is 128 cm³/mol. The lowest BCUT2D eigenvalue weighted by Crippen LogP contribution is -2.57. The Bertz CT molecular complexity index is 775. The number of aliphatic hydroxyl groups excluding tert-OH is 1. The van der Waals surface area contributed by atoms with Crippen LogP contribution in [0.1, 0.15) is 44.9 Å². The fourth-order valence-electron chi connectivity index (χ4n) is 2.96. The van der Waals surface area contributed by atoms with Crippen LogP contribution in [0, 0.1) is 0 Å². The summed E-state index contributed by atoms with van der Waals surface area (Å²) in [4.78, 5) is 63.9. The van der Waals surface area contributed by atoms with Gasteiger partial charge in [0.2, 0.25) is 17.7 Å². The summed E-state index contributed by atoms with van der Waals surface area (Å²) >= 11 is 0. The molecule has 0 aromatic heterocycles. The van der Waals surface area contributed by atoms with Gasteiger partial charge in [-0.15, -0.1) is 0 Å². The largest absolute Gasteiger partial charge is 0.481 e. The summed E-state index contributed by atoms with van der Waals surface area (Å²) in [6.45, 7) is -0.317. The molecule has 0 aliphatic rings. The van der Waals surface area contributed by atoms with E-state index in [1.54, 1.807) is 0 Å². The molecule has 0 aromatic carbocycles. The van der Waals surface area contributed by atoms with E-state index < -0.39 is 66.9 Å². The summed E-state index contributed by atoms with van der Waals surface area (Å²) < 4.78 is 0. The predicted octanol–water partition coefficient (Wildman–Crippen LogP) is -4.11. The highest BCUT2D eigenvalue weighted by molar-refractivity contribution is 5.94. The Labute approximate surface area is 208 Å².